The van der Waals surface area contributed by atoms with Crippen molar-refractivity contribution in [2.45, 2.75) is 32.7 Å². The third-order valence-electron chi connectivity index (χ3n) is 3.69. The number of benzene rings is 1. The maximum absolute atomic E-state index is 6.26. The van der Waals surface area contributed by atoms with Gasteiger partial charge in [0, 0.05) is 13.1 Å². The average molecular weight is 297 g/mol. The van der Waals surface area contributed by atoms with Gasteiger partial charge in [0.2, 0.25) is 0 Å². The van der Waals surface area contributed by atoms with Crippen molar-refractivity contribution in [3.63, 3.8) is 0 Å². The van der Waals surface area contributed by atoms with Crippen molar-refractivity contribution in [2.24, 2.45) is 0 Å². The number of piperidine rings is 1. The molecule has 0 aliphatic carbocycles. The zero-order valence-electron chi connectivity index (χ0n) is 12.3. The smallest absolute Gasteiger partial charge is 0.137 e. The van der Waals surface area contributed by atoms with E-state index in [0.29, 0.717) is 11.6 Å². The van der Waals surface area contributed by atoms with Gasteiger partial charge in [-0.2, -0.15) is 0 Å². The molecule has 0 atom stereocenters. The summed E-state index contributed by atoms with van der Waals surface area (Å²) in [4.78, 5) is 2.47. The van der Waals surface area contributed by atoms with Crippen LogP contribution in [-0.2, 0) is 6.54 Å². The Morgan fingerprint density at radius 3 is 2.75 bits per heavy atom. The van der Waals surface area contributed by atoms with Gasteiger partial charge < -0.3 is 10.1 Å². The van der Waals surface area contributed by atoms with Crippen LogP contribution in [0.2, 0.25) is 5.02 Å². The van der Waals surface area contributed by atoms with Crippen molar-refractivity contribution in [2.75, 3.05) is 32.8 Å². The number of rotatable bonds is 7. The number of hydrogen-bond acceptors (Lipinski definition) is 3. The molecular formula is C16H25ClN2O. The molecule has 0 aromatic heterocycles. The van der Waals surface area contributed by atoms with Gasteiger partial charge in [-0.05, 0) is 50.2 Å². The van der Waals surface area contributed by atoms with Gasteiger partial charge in [0.05, 0.1) is 5.02 Å². The van der Waals surface area contributed by atoms with Crippen LogP contribution in [0.1, 0.15) is 31.7 Å². The highest BCUT2D eigenvalue weighted by molar-refractivity contribution is 6.32. The lowest BCUT2D eigenvalue weighted by Gasteiger charge is -2.26. The summed E-state index contributed by atoms with van der Waals surface area (Å²) in [5.41, 5.74) is 1.19. The molecule has 0 radical (unpaired) electrons. The highest BCUT2D eigenvalue weighted by atomic mass is 35.5. The summed E-state index contributed by atoms with van der Waals surface area (Å²) >= 11 is 6.26. The maximum atomic E-state index is 6.26. The normalized spacial score (nSPS) is 16.3. The first-order valence-corrected chi connectivity index (χ1v) is 8.01. The zero-order chi connectivity index (χ0) is 14.2. The van der Waals surface area contributed by atoms with Crippen LogP contribution in [0.5, 0.6) is 5.75 Å². The zero-order valence-corrected chi connectivity index (χ0v) is 13.1. The van der Waals surface area contributed by atoms with E-state index in [0.717, 1.165) is 25.4 Å². The fourth-order valence-electron chi connectivity index (χ4n) is 2.51. The van der Waals surface area contributed by atoms with E-state index < -0.39 is 0 Å². The van der Waals surface area contributed by atoms with E-state index >= 15 is 0 Å². The van der Waals surface area contributed by atoms with Gasteiger partial charge in [0.15, 0.2) is 0 Å². The molecule has 1 saturated heterocycles. The fourth-order valence-corrected chi connectivity index (χ4v) is 2.77. The maximum Gasteiger partial charge on any atom is 0.137 e. The summed E-state index contributed by atoms with van der Waals surface area (Å²) in [6.45, 7) is 8.04. The van der Waals surface area contributed by atoms with Crippen LogP contribution < -0.4 is 10.1 Å². The standard InChI is InChI=1S/C16H25ClN2O/c1-2-18-13-14-6-7-16(15(17)12-14)20-11-10-19-8-4-3-5-9-19/h6-7,12,18H,2-5,8-11,13H2,1H3. The summed E-state index contributed by atoms with van der Waals surface area (Å²) in [5.74, 6) is 0.795. The minimum atomic E-state index is 0.707. The molecule has 0 amide bonds. The van der Waals surface area contributed by atoms with E-state index in [1.165, 1.54) is 37.9 Å². The summed E-state index contributed by atoms with van der Waals surface area (Å²) < 4.78 is 5.80. The van der Waals surface area contributed by atoms with E-state index in [2.05, 4.69) is 23.2 Å². The minimum absolute atomic E-state index is 0.707. The minimum Gasteiger partial charge on any atom is -0.491 e. The lowest BCUT2D eigenvalue weighted by atomic mass is 10.1. The van der Waals surface area contributed by atoms with E-state index in [-0.39, 0.29) is 0 Å². The van der Waals surface area contributed by atoms with Crippen molar-refractivity contribution in [1.29, 1.82) is 0 Å². The van der Waals surface area contributed by atoms with Gasteiger partial charge >= 0.3 is 0 Å². The summed E-state index contributed by atoms with van der Waals surface area (Å²) in [6, 6.07) is 6.04. The van der Waals surface area contributed by atoms with Crippen molar-refractivity contribution < 1.29 is 4.74 Å². The van der Waals surface area contributed by atoms with Crippen LogP contribution in [0, 0.1) is 0 Å². The van der Waals surface area contributed by atoms with Crippen molar-refractivity contribution >= 4 is 11.6 Å². The highest BCUT2D eigenvalue weighted by Crippen LogP contribution is 2.25. The van der Waals surface area contributed by atoms with E-state index in [1.54, 1.807) is 0 Å². The van der Waals surface area contributed by atoms with E-state index in [4.69, 9.17) is 16.3 Å². The highest BCUT2D eigenvalue weighted by Gasteiger charge is 2.10. The summed E-state index contributed by atoms with van der Waals surface area (Å²) in [5, 5.41) is 4.00. The largest absolute Gasteiger partial charge is 0.491 e. The molecule has 0 spiro atoms. The molecular weight excluding hydrogens is 272 g/mol. The van der Waals surface area contributed by atoms with Crippen LogP contribution in [-0.4, -0.2) is 37.7 Å². The number of halogens is 1. The van der Waals surface area contributed by atoms with Crippen LogP contribution in [0.3, 0.4) is 0 Å². The Balaban J connectivity index is 1.77. The molecule has 1 aliphatic heterocycles. The molecule has 20 heavy (non-hydrogen) atoms. The molecule has 0 saturated carbocycles. The second kappa shape index (κ2) is 8.50. The molecule has 1 N–H and O–H groups in total. The Morgan fingerprint density at radius 2 is 2.05 bits per heavy atom. The third kappa shape index (κ3) is 4.97. The Kier molecular flexibility index (Phi) is 6.64. The van der Waals surface area contributed by atoms with Crippen LogP contribution in [0.4, 0.5) is 0 Å². The SMILES string of the molecule is CCNCc1ccc(OCCN2CCCCC2)c(Cl)c1. The molecule has 0 unspecified atom stereocenters. The summed E-state index contributed by atoms with van der Waals surface area (Å²) in [7, 11) is 0. The van der Waals surface area contributed by atoms with Crippen LogP contribution in [0.25, 0.3) is 0 Å². The molecule has 4 heteroatoms. The molecule has 1 aromatic carbocycles. The molecule has 1 fully saturated rings. The van der Waals surface area contributed by atoms with Crippen molar-refractivity contribution in [1.82, 2.24) is 10.2 Å². The molecule has 1 aromatic rings. The van der Waals surface area contributed by atoms with E-state index in [9.17, 15) is 0 Å². The number of nitrogens with one attached hydrogen (secondary N) is 1. The quantitative estimate of drug-likeness (QED) is 0.835. The molecule has 3 nitrogen and oxygen atoms in total. The second-order valence-electron chi connectivity index (χ2n) is 5.30. The molecule has 112 valence electrons. The molecule has 1 aliphatic rings. The van der Waals surface area contributed by atoms with Crippen LogP contribution >= 0.6 is 11.6 Å². The van der Waals surface area contributed by atoms with Gasteiger partial charge in [-0.1, -0.05) is 31.0 Å². The third-order valence-corrected chi connectivity index (χ3v) is 3.98. The molecule has 0 bridgehead atoms. The summed E-state index contributed by atoms with van der Waals surface area (Å²) in [6.07, 6.45) is 4.01. The number of ether oxygens (including phenoxy) is 1. The first-order chi connectivity index (χ1) is 9.79. The van der Waals surface area contributed by atoms with Crippen molar-refractivity contribution in [3.8, 4) is 5.75 Å². The predicted octanol–water partition coefficient (Wildman–Crippen LogP) is 3.31. The topological polar surface area (TPSA) is 24.5 Å². The van der Waals surface area contributed by atoms with Gasteiger partial charge in [-0.25, -0.2) is 0 Å². The molecule has 1 heterocycles. The second-order valence-corrected chi connectivity index (χ2v) is 5.70. The molecule has 2 rings (SSSR count). The lowest BCUT2D eigenvalue weighted by Crippen LogP contribution is -2.33. The van der Waals surface area contributed by atoms with E-state index in [1.807, 2.05) is 12.1 Å². The number of likely N-dealkylation sites (tertiary alicyclic amines) is 1. The van der Waals surface area contributed by atoms with Crippen molar-refractivity contribution in [3.05, 3.63) is 28.8 Å². The fraction of sp³-hybridized carbons (Fsp3) is 0.625. The Morgan fingerprint density at radius 1 is 1.25 bits per heavy atom. The monoisotopic (exact) mass is 296 g/mol. The Labute approximate surface area is 127 Å². The van der Waals surface area contributed by atoms with Gasteiger partial charge in [-0.3, -0.25) is 4.90 Å². The van der Waals surface area contributed by atoms with Gasteiger partial charge in [-0.15, -0.1) is 0 Å². The Hall–Kier alpha value is -0.770. The van der Waals surface area contributed by atoms with Gasteiger partial charge in [0.1, 0.15) is 12.4 Å². The van der Waals surface area contributed by atoms with Gasteiger partial charge in [0.25, 0.3) is 0 Å². The lowest BCUT2D eigenvalue weighted by molar-refractivity contribution is 0.183. The Bertz CT molecular complexity index is 405. The average Bonchev–Trinajstić information content (AvgIpc) is 2.48. The number of hydrogen-bond donors (Lipinski definition) is 1. The first kappa shape index (κ1) is 15.6. The number of nitrogens with zero attached hydrogens (tertiary/aromatic N) is 1. The van der Waals surface area contributed by atoms with Crippen LogP contribution in [0.15, 0.2) is 18.2 Å². The first-order valence-electron chi connectivity index (χ1n) is 7.64. The predicted molar refractivity (Wildman–Crippen MR) is 84.6 cm³/mol.